The van der Waals surface area contributed by atoms with Gasteiger partial charge in [0.05, 0.1) is 47.5 Å². The molecule has 6 heteroatoms. The average Bonchev–Trinajstić information content (AvgIpc) is 2.62. The first-order valence-electron chi connectivity index (χ1n) is 13.8. The summed E-state index contributed by atoms with van der Waals surface area (Å²) in [4.78, 5) is 0. The zero-order valence-electron chi connectivity index (χ0n) is 25.6. The first-order chi connectivity index (χ1) is 14.9. The van der Waals surface area contributed by atoms with Crippen LogP contribution < -0.4 is 0 Å². The summed E-state index contributed by atoms with van der Waals surface area (Å²) < 4.78 is 0. The minimum Gasteiger partial charge on any atom is -0.0845 e. The van der Waals surface area contributed by atoms with Crippen molar-refractivity contribution in [1.29, 1.82) is 0 Å². The lowest BCUT2D eigenvalue weighted by Crippen LogP contribution is -2.64. The molecule has 3 rings (SSSR count). The van der Waals surface area contributed by atoms with Gasteiger partial charge in [0.2, 0.25) is 0 Å². The molecular formula is C28H56Si6. The fourth-order valence-corrected chi connectivity index (χ4v) is 31.5. The van der Waals surface area contributed by atoms with E-state index in [1.807, 2.05) is 20.8 Å². The Morgan fingerprint density at radius 3 is 1.44 bits per heavy atom. The van der Waals surface area contributed by atoms with Gasteiger partial charge in [0, 0.05) is 5.92 Å². The standard InChI is InChI=1S/C28H56Si6/c1-29(2,3)22-17-18-23-28(32(10,11)12)27(22)21-19-26(34(15,16)33(23,13)14)25(31(7,8)9)20-24(21)30(4,5)6/h17-21,25,27-28H,1-16H3/t21-,25-,27+,28-/m0/s1. The summed E-state index contributed by atoms with van der Waals surface area (Å²) in [6, 6.07) is 0. The van der Waals surface area contributed by atoms with Gasteiger partial charge >= 0.3 is 0 Å². The van der Waals surface area contributed by atoms with Gasteiger partial charge in [-0.1, -0.05) is 150 Å². The van der Waals surface area contributed by atoms with E-state index in [0.29, 0.717) is 5.92 Å². The molecule has 0 unspecified atom stereocenters. The van der Waals surface area contributed by atoms with Gasteiger partial charge in [-0.15, -0.1) is 0 Å². The normalized spacial score (nSPS) is 31.5. The molecule has 4 bridgehead atoms. The second kappa shape index (κ2) is 8.38. The minimum absolute atomic E-state index is 0.657. The van der Waals surface area contributed by atoms with Gasteiger partial charge in [0.1, 0.15) is 0 Å². The summed E-state index contributed by atoms with van der Waals surface area (Å²) in [7, 11) is -8.93. The maximum Gasteiger partial charge on any atom is 0.0737 e. The van der Waals surface area contributed by atoms with Crippen LogP contribution in [0.3, 0.4) is 0 Å². The Balaban J connectivity index is 2.51. The lowest BCUT2D eigenvalue weighted by Gasteiger charge is -2.59. The number of fused-ring (bicyclic) bond motifs is 4. The molecule has 0 N–H and O–H groups in total. The average molecular weight is 561 g/mol. The van der Waals surface area contributed by atoms with Gasteiger partial charge in [-0.05, 0) is 17.0 Å². The molecule has 0 nitrogen and oxygen atoms in total. The molecule has 1 heterocycles. The molecule has 0 spiro atoms. The van der Waals surface area contributed by atoms with E-state index >= 15 is 0 Å². The van der Waals surface area contributed by atoms with Crippen LogP contribution in [0.15, 0.2) is 45.1 Å². The molecule has 0 aromatic rings. The van der Waals surface area contributed by atoms with Crippen molar-refractivity contribution >= 4 is 47.5 Å². The zero-order chi connectivity index (χ0) is 26.4. The molecule has 192 valence electrons. The lowest BCUT2D eigenvalue weighted by atomic mass is 9.82. The topological polar surface area (TPSA) is 0 Å². The van der Waals surface area contributed by atoms with Gasteiger partial charge in [0.15, 0.2) is 0 Å². The van der Waals surface area contributed by atoms with Crippen LogP contribution in [0, 0.1) is 11.8 Å². The number of hydrogen-bond donors (Lipinski definition) is 0. The first-order valence-corrected chi connectivity index (χ1v) is 35.0. The van der Waals surface area contributed by atoms with Crippen molar-refractivity contribution in [3.8, 4) is 0 Å². The first kappa shape index (κ1) is 28.8. The van der Waals surface area contributed by atoms with E-state index in [1.54, 1.807) is 0 Å². The molecule has 34 heavy (non-hydrogen) atoms. The number of allylic oxidation sites excluding steroid dienone is 8. The minimum atomic E-state index is -1.61. The van der Waals surface area contributed by atoms with Gasteiger partial charge in [-0.3, -0.25) is 0 Å². The Hall–Kier alpha value is 0.261. The second-order valence-corrected chi connectivity index (χ2v) is 53.0. The van der Waals surface area contributed by atoms with E-state index in [0.717, 1.165) is 17.0 Å². The van der Waals surface area contributed by atoms with E-state index in [4.69, 9.17) is 0 Å². The lowest BCUT2D eigenvalue weighted by molar-refractivity contribution is 0.510. The Kier molecular flexibility index (Phi) is 7.11. The molecule has 0 amide bonds. The second-order valence-electron chi connectivity index (χ2n) is 17.0. The summed E-state index contributed by atoms with van der Waals surface area (Å²) in [6.45, 7) is 43.0. The van der Waals surface area contributed by atoms with Crippen LogP contribution in [0.5, 0.6) is 0 Å². The van der Waals surface area contributed by atoms with Crippen LogP contribution in [-0.2, 0) is 0 Å². The maximum absolute atomic E-state index is 3.01. The van der Waals surface area contributed by atoms with E-state index in [9.17, 15) is 0 Å². The fourth-order valence-electron chi connectivity index (χ4n) is 7.37. The highest BCUT2D eigenvalue weighted by atomic mass is 29.3. The van der Waals surface area contributed by atoms with E-state index in [1.165, 1.54) is 0 Å². The Morgan fingerprint density at radius 2 is 1.03 bits per heavy atom. The smallest absolute Gasteiger partial charge is 0.0737 e. The van der Waals surface area contributed by atoms with E-state index in [2.05, 4.69) is 129 Å². The van der Waals surface area contributed by atoms with Crippen molar-refractivity contribution in [2.45, 2.75) is 116 Å². The monoisotopic (exact) mass is 560 g/mol. The summed E-state index contributed by atoms with van der Waals surface area (Å²) in [6.07, 6.45) is 11.4. The predicted molar refractivity (Wildman–Crippen MR) is 175 cm³/mol. The van der Waals surface area contributed by atoms with Crippen LogP contribution in [0.2, 0.25) is 116 Å². The molecule has 0 saturated heterocycles. The van der Waals surface area contributed by atoms with Crippen LogP contribution in [0.1, 0.15) is 0 Å². The van der Waals surface area contributed by atoms with Crippen LogP contribution >= 0.6 is 0 Å². The highest BCUT2D eigenvalue weighted by molar-refractivity contribution is 7.46. The van der Waals surface area contributed by atoms with Crippen LogP contribution in [0.4, 0.5) is 0 Å². The Morgan fingerprint density at radius 1 is 0.559 bits per heavy atom. The quantitative estimate of drug-likeness (QED) is 0.300. The molecule has 2 aliphatic carbocycles. The maximum atomic E-state index is 3.01. The van der Waals surface area contributed by atoms with Crippen molar-refractivity contribution < 1.29 is 0 Å². The fraction of sp³-hybridized carbons (Fsp3) is 0.714. The zero-order valence-corrected chi connectivity index (χ0v) is 31.6. The largest absolute Gasteiger partial charge is 0.0845 e. The highest BCUT2D eigenvalue weighted by Crippen LogP contribution is 2.60. The van der Waals surface area contributed by atoms with Gasteiger partial charge in [-0.25, -0.2) is 0 Å². The van der Waals surface area contributed by atoms with Crippen LogP contribution in [-0.4, -0.2) is 47.5 Å². The van der Waals surface area contributed by atoms with E-state index in [-0.39, 0.29) is 0 Å². The third-order valence-electron chi connectivity index (χ3n) is 9.89. The molecule has 0 saturated carbocycles. The molecule has 0 aromatic carbocycles. The van der Waals surface area contributed by atoms with Gasteiger partial charge in [-0.2, -0.15) is 0 Å². The molecule has 0 fully saturated rings. The third-order valence-corrected chi connectivity index (χ3v) is 37.9. The molecule has 4 atom stereocenters. The van der Waals surface area contributed by atoms with Crippen LogP contribution in [0.25, 0.3) is 0 Å². The molecule has 0 radical (unpaired) electrons. The molecule has 3 aliphatic rings. The summed E-state index contributed by atoms with van der Waals surface area (Å²) in [5.41, 5.74) is 1.57. The van der Waals surface area contributed by atoms with E-state index < -0.39 is 47.5 Å². The summed E-state index contributed by atoms with van der Waals surface area (Å²) in [5, 5.41) is 7.76. The predicted octanol–water partition coefficient (Wildman–Crippen LogP) is 9.71. The Bertz CT molecular complexity index is 964. The van der Waals surface area contributed by atoms with Crippen molar-refractivity contribution in [1.82, 2.24) is 0 Å². The van der Waals surface area contributed by atoms with Crippen molar-refractivity contribution in [3.63, 3.8) is 0 Å². The Labute approximate surface area is 219 Å². The molecule has 1 aliphatic heterocycles. The van der Waals surface area contributed by atoms with Gasteiger partial charge in [0.25, 0.3) is 0 Å². The number of rotatable bonds is 4. The third kappa shape index (κ3) is 4.66. The summed E-state index contributed by atoms with van der Waals surface area (Å²) >= 11 is 0. The molecular weight excluding hydrogens is 505 g/mol. The highest BCUT2D eigenvalue weighted by Gasteiger charge is 2.59. The van der Waals surface area contributed by atoms with Crippen molar-refractivity contribution in [2.75, 3.05) is 0 Å². The number of hydrogen-bond acceptors (Lipinski definition) is 0. The summed E-state index contributed by atoms with van der Waals surface area (Å²) in [5.74, 6) is 1.38. The van der Waals surface area contributed by atoms with Crippen molar-refractivity contribution in [2.24, 2.45) is 11.8 Å². The van der Waals surface area contributed by atoms with Crippen molar-refractivity contribution in [3.05, 3.63) is 45.1 Å². The SMILES string of the molecule is C[Si](C)(C)C1=CC=C2[C@H]([Si](C)(C)C)[C@@H]1[C@H]1C=C([C@@H]([Si](C)(C)C)C=C1[Si](C)(C)C)[Si](C)(C)[Si]2(C)C. The molecule has 0 aromatic heterocycles. The van der Waals surface area contributed by atoms with Gasteiger partial charge < -0.3 is 0 Å².